The Morgan fingerprint density at radius 3 is 2.17 bits per heavy atom. The Bertz CT molecular complexity index is 769. The first-order chi connectivity index (χ1) is 11.8. The van der Waals surface area contributed by atoms with E-state index in [2.05, 4.69) is 34.2 Å². The fourth-order valence-corrected chi connectivity index (χ4v) is 3.66. The van der Waals surface area contributed by atoms with E-state index in [1.807, 2.05) is 24.3 Å². The molecule has 0 radical (unpaired) electrons. The minimum atomic E-state index is 0.107. The van der Waals surface area contributed by atoms with Crippen molar-refractivity contribution in [3.8, 4) is 0 Å². The first-order valence-electron chi connectivity index (χ1n) is 8.85. The lowest BCUT2D eigenvalue weighted by Crippen LogP contribution is -2.24. The van der Waals surface area contributed by atoms with Crippen LogP contribution < -0.4 is 4.90 Å². The highest BCUT2D eigenvalue weighted by Crippen LogP contribution is 2.24. The van der Waals surface area contributed by atoms with E-state index in [1.54, 1.807) is 0 Å². The summed E-state index contributed by atoms with van der Waals surface area (Å²) in [5, 5.41) is 0. The number of Topliss-reactive ketones (excluding diaryl/α,β-unsaturated/α-hetero) is 1. The number of hydrogen-bond acceptors (Lipinski definition) is 3. The Hall–Kier alpha value is -2.42. The summed E-state index contributed by atoms with van der Waals surface area (Å²) < 4.78 is 0. The highest BCUT2D eigenvalue weighted by atomic mass is 16.1. The largest absolute Gasteiger partial charge is 0.372 e. The Morgan fingerprint density at radius 1 is 0.792 bits per heavy atom. The Kier molecular flexibility index (Phi) is 4.16. The second-order valence-electron chi connectivity index (χ2n) is 6.58. The van der Waals surface area contributed by atoms with E-state index in [0.717, 1.165) is 35.5 Å². The SMILES string of the molecule is O=C1CN=C(c2ccc(N3CCCCCC3)cc2)c2ccccc21. The number of carbonyl (C=O) groups excluding carboxylic acids is 1. The van der Waals surface area contributed by atoms with Crippen LogP contribution in [-0.4, -0.2) is 31.1 Å². The molecule has 2 heterocycles. The standard InChI is InChI=1S/C21H22N2O/c24-20-15-22-21(19-8-4-3-7-18(19)20)16-9-11-17(12-10-16)23-13-5-1-2-6-14-23/h3-4,7-12H,1-2,5-6,13-15H2. The van der Waals surface area contributed by atoms with Gasteiger partial charge in [-0.05, 0) is 25.0 Å². The summed E-state index contributed by atoms with van der Waals surface area (Å²) in [6.07, 6.45) is 5.25. The molecule has 1 saturated heterocycles. The first-order valence-corrected chi connectivity index (χ1v) is 8.85. The van der Waals surface area contributed by atoms with E-state index in [4.69, 9.17) is 0 Å². The smallest absolute Gasteiger partial charge is 0.184 e. The fraction of sp³-hybridized carbons (Fsp3) is 0.333. The molecule has 24 heavy (non-hydrogen) atoms. The van der Waals surface area contributed by atoms with Crippen LogP contribution in [0.25, 0.3) is 0 Å². The fourth-order valence-electron chi connectivity index (χ4n) is 3.66. The van der Waals surface area contributed by atoms with Crippen molar-refractivity contribution in [2.24, 2.45) is 4.99 Å². The highest BCUT2D eigenvalue weighted by Gasteiger charge is 2.21. The molecule has 0 unspecified atom stereocenters. The molecule has 3 heteroatoms. The monoisotopic (exact) mass is 318 g/mol. The van der Waals surface area contributed by atoms with Gasteiger partial charge < -0.3 is 4.90 Å². The molecule has 4 rings (SSSR count). The van der Waals surface area contributed by atoms with E-state index in [-0.39, 0.29) is 12.3 Å². The van der Waals surface area contributed by atoms with E-state index in [1.165, 1.54) is 31.4 Å². The summed E-state index contributed by atoms with van der Waals surface area (Å²) >= 11 is 0. The maximum atomic E-state index is 12.0. The van der Waals surface area contributed by atoms with Crippen LogP contribution in [0, 0.1) is 0 Å². The van der Waals surface area contributed by atoms with Crippen molar-refractivity contribution in [1.29, 1.82) is 0 Å². The molecule has 2 aliphatic rings. The summed E-state index contributed by atoms with van der Waals surface area (Å²) in [6, 6.07) is 16.5. The molecule has 0 aromatic heterocycles. The van der Waals surface area contributed by atoms with Crippen LogP contribution in [0.3, 0.4) is 0 Å². The number of nitrogens with zero attached hydrogens (tertiary/aromatic N) is 2. The van der Waals surface area contributed by atoms with Crippen molar-refractivity contribution in [1.82, 2.24) is 0 Å². The van der Waals surface area contributed by atoms with E-state index >= 15 is 0 Å². The Labute approximate surface area is 143 Å². The Balaban J connectivity index is 1.62. The van der Waals surface area contributed by atoms with Crippen LogP contribution in [0.2, 0.25) is 0 Å². The maximum absolute atomic E-state index is 12.0. The predicted octanol–water partition coefficient (Wildman–Crippen LogP) is 4.10. The van der Waals surface area contributed by atoms with Gasteiger partial charge in [-0.25, -0.2) is 0 Å². The van der Waals surface area contributed by atoms with Gasteiger partial charge in [0, 0.05) is 35.5 Å². The number of benzene rings is 2. The van der Waals surface area contributed by atoms with Crippen LogP contribution in [-0.2, 0) is 0 Å². The number of aliphatic imine (C=N–C) groups is 1. The van der Waals surface area contributed by atoms with E-state index < -0.39 is 0 Å². The van der Waals surface area contributed by atoms with Gasteiger partial charge in [0.25, 0.3) is 0 Å². The third-order valence-corrected chi connectivity index (χ3v) is 4.98. The zero-order valence-corrected chi connectivity index (χ0v) is 13.9. The van der Waals surface area contributed by atoms with Crippen LogP contribution in [0.15, 0.2) is 53.5 Å². The molecule has 2 aromatic carbocycles. The van der Waals surface area contributed by atoms with Crippen molar-refractivity contribution in [2.45, 2.75) is 25.7 Å². The summed E-state index contributed by atoms with van der Waals surface area (Å²) in [5.41, 5.74) is 5.07. The second-order valence-corrected chi connectivity index (χ2v) is 6.58. The quantitative estimate of drug-likeness (QED) is 0.835. The molecule has 1 fully saturated rings. The third-order valence-electron chi connectivity index (χ3n) is 4.98. The lowest BCUT2D eigenvalue weighted by atomic mass is 9.92. The van der Waals surface area contributed by atoms with Crippen LogP contribution in [0.4, 0.5) is 5.69 Å². The second kappa shape index (κ2) is 6.60. The minimum Gasteiger partial charge on any atom is -0.372 e. The molecule has 0 atom stereocenters. The van der Waals surface area contributed by atoms with Gasteiger partial charge in [0.15, 0.2) is 5.78 Å². The maximum Gasteiger partial charge on any atom is 0.184 e. The van der Waals surface area contributed by atoms with Crippen LogP contribution >= 0.6 is 0 Å². The number of carbonyl (C=O) groups is 1. The molecule has 0 N–H and O–H groups in total. The molecular formula is C21H22N2O. The molecule has 2 aliphatic heterocycles. The van der Waals surface area contributed by atoms with Crippen LogP contribution in [0.5, 0.6) is 0 Å². The topological polar surface area (TPSA) is 32.7 Å². The minimum absolute atomic E-state index is 0.107. The lowest BCUT2D eigenvalue weighted by Gasteiger charge is -2.23. The highest BCUT2D eigenvalue weighted by molar-refractivity contribution is 6.21. The zero-order valence-electron chi connectivity index (χ0n) is 13.9. The van der Waals surface area contributed by atoms with Gasteiger partial charge in [0.2, 0.25) is 0 Å². The number of ketones is 1. The number of fused-ring (bicyclic) bond motifs is 1. The average Bonchev–Trinajstić information content (AvgIpc) is 2.92. The lowest BCUT2D eigenvalue weighted by molar-refractivity contribution is 0.1000. The summed E-state index contributed by atoms with van der Waals surface area (Å²) in [6.45, 7) is 2.55. The predicted molar refractivity (Wildman–Crippen MR) is 98.4 cm³/mol. The van der Waals surface area contributed by atoms with E-state index in [9.17, 15) is 4.79 Å². The van der Waals surface area contributed by atoms with Crippen molar-refractivity contribution in [3.63, 3.8) is 0 Å². The number of hydrogen-bond donors (Lipinski definition) is 0. The molecule has 0 bridgehead atoms. The molecule has 0 spiro atoms. The van der Waals surface area contributed by atoms with Gasteiger partial charge in [-0.3, -0.25) is 9.79 Å². The summed E-state index contributed by atoms with van der Waals surface area (Å²) in [7, 11) is 0. The van der Waals surface area contributed by atoms with Crippen molar-refractivity contribution >= 4 is 17.2 Å². The van der Waals surface area contributed by atoms with Gasteiger partial charge in [-0.15, -0.1) is 0 Å². The van der Waals surface area contributed by atoms with Crippen molar-refractivity contribution in [3.05, 3.63) is 65.2 Å². The molecule has 0 amide bonds. The molecule has 122 valence electrons. The van der Waals surface area contributed by atoms with Gasteiger partial charge in [-0.1, -0.05) is 49.2 Å². The first kappa shape index (κ1) is 15.1. The van der Waals surface area contributed by atoms with Crippen molar-refractivity contribution < 1.29 is 4.79 Å². The van der Waals surface area contributed by atoms with E-state index in [0.29, 0.717) is 0 Å². The number of anilines is 1. The normalized spacial score (nSPS) is 17.9. The molecule has 2 aromatic rings. The van der Waals surface area contributed by atoms with Crippen LogP contribution in [0.1, 0.15) is 47.2 Å². The number of rotatable bonds is 2. The van der Waals surface area contributed by atoms with Gasteiger partial charge in [-0.2, -0.15) is 0 Å². The zero-order chi connectivity index (χ0) is 16.4. The van der Waals surface area contributed by atoms with Gasteiger partial charge in [0.1, 0.15) is 6.54 Å². The molecular weight excluding hydrogens is 296 g/mol. The van der Waals surface area contributed by atoms with Gasteiger partial charge >= 0.3 is 0 Å². The molecule has 0 aliphatic carbocycles. The van der Waals surface area contributed by atoms with Gasteiger partial charge in [0.05, 0.1) is 5.71 Å². The van der Waals surface area contributed by atoms with Crippen molar-refractivity contribution in [2.75, 3.05) is 24.5 Å². The summed E-state index contributed by atoms with van der Waals surface area (Å²) in [4.78, 5) is 19.1. The molecule has 0 saturated carbocycles. The Morgan fingerprint density at radius 2 is 1.46 bits per heavy atom. The average molecular weight is 318 g/mol. The molecule has 3 nitrogen and oxygen atoms in total. The third kappa shape index (κ3) is 2.86. The summed E-state index contributed by atoms with van der Waals surface area (Å²) in [5.74, 6) is 0.107.